The molecule has 4 amide bonds. The average Bonchev–Trinajstić information content (AvgIpc) is 2.98. The minimum Gasteiger partial charge on any atom is -0.481 e. The molecule has 2 aromatic rings. The van der Waals surface area contributed by atoms with E-state index in [4.69, 9.17) is 10.2 Å². The normalized spacial score (nSPS) is 11.8. The molecule has 0 aromatic heterocycles. The fourth-order valence-electron chi connectivity index (χ4n) is 3.90. The van der Waals surface area contributed by atoms with Crippen LogP contribution in [-0.2, 0) is 19.2 Å². The third kappa shape index (κ3) is 11.8. The van der Waals surface area contributed by atoms with Gasteiger partial charge in [-0.15, -0.1) is 0 Å². The summed E-state index contributed by atoms with van der Waals surface area (Å²) >= 11 is 0. The maximum absolute atomic E-state index is 13.0. The Morgan fingerprint density at radius 1 is 0.578 bits per heavy atom. The van der Waals surface area contributed by atoms with E-state index in [1.807, 2.05) is 13.0 Å². The molecule has 0 saturated heterocycles. The van der Waals surface area contributed by atoms with Crippen LogP contribution in [0.5, 0.6) is 0 Å². The predicted molar refractivity (Wildman–Crippen MR) is 154 cm³/mol. The van der Waals surface area contributed by atoms with Crippen molar-refractivity contribution in [1.82, 2.24) is 21.3 Å². The lowest BCUT2D eigenvalue weighted by Crippen LogP contribution is -2.42. The van der Waals surface area contributed by atoms with Crippen LogP contribution >= 0.6 is 0 Å². The first-order valence-corrected chi connectivity index (χ1v) is 13.5. The van der Waals surface area contributed by atoms with Gasteiger partial charge in [-0.2, -0.15) is 0 Å². The summed E-state index contributed by atoms with van der Waals surface area (Å²) in [6.07, 6.45) is -2.11. The Kier molecular flexibility index (Phi) is 13.2. The van der Waals surface area contributed by atoms with E-state index in [1.165, 1.54) is 0 Å². The van der Waals surface area contributed by atoms with Crippen molar-refractivity contribution in [1.29, 1.82) is 0 Å². The molecule has 240 valence electrons. The van der Waals surface area contributed by atoms with Gasteiger partial charge in [-0.1, -0.05) is 17.7 Å². The van der Waals surface area contributed by atoms with Crippen LogP contribution in [0.2, 0.25) is 0 Å². The first-order chi connectivity index (χ1) is 21.2. The predicted octanol–water partition coefficient (Wildman–Crippen LogP) is 0.250. The van der Waals surface area contributed by atoms with Gasteiger partial charge in [-0.05, 0) is 50.1 Å². The monoisotopic (exact) mass is 628 g/mol. The Balaban J connectivity index is 2.28. The smallest absolute Gasteiger partial charge is 0.326 e. The fraction of sp³-hybridized carbons (Fsp3) is 0.310. The van der Waals surface area contributed by atoms with Crippen LogP contribution in [0, 0.1) is 6.92 Å². The molecule has 0 aliphatic heterocycles. The number of carbonyl (C=O) groups is 8. The molecule has 2 atom stereocenters. The number of carboxylic acids is 4. The molecule has 0 spiro atoms. The molecule has 0 saturated carbocycles. The molecule has 0 aliphatic carbocycles. The van der Waals surface area contributed by atoms with E-state index in [0.29, 0.717) is 5.56 Å². The largest absolute Gasteiger partial charge is 0.481 e. The van der Waals surface area contributed by atoms with Crippen LogP contribution in [0.3, 0.4) is 0 Å². The van der Waals surface area contributed by atoms with Gasteiger partial charge in [-0.3, -0.25) is 28.8 Å². The van der Waals surface area contributed by atoms with Crippen molar-refractivity contribution in [2.75, 3.05) is 13.1 Å². The summed E-state index contributed by atoms with van der Waals surface area (Å²) in [6, 6.07) is 6.55. The Hall–Kier alpha value is -5.80. The maximum Gasteiger partial charge on any atom is 0.326 e. The number of aryl methyl sites for hydroxylation is 1. The number of nitrogens with one attached hydrogen (secondary N) is 4. The molecule has 0 fully saturated rings. The number of amides is 4. The highest BCUT2D eigenvalue weighted by atomic mass is 16.4. The van der Waals surface area contributed by atoms with E-state index >= 15 is 0 Å². The zero-order valence-electron chi connectivity index (χ0n) is 24.0. The number of carboxylic acid groups (broad SMARTS) is 4. The Morgan fingerprint density at radius 2 is 0.978 bits per heavy atom. The van der Waals surface area contributed by atoms with Crippen LogP contribution < -0.4 is 21.3 Å². The minimum atomic E-state index is -1.63. The van der Waals surface area contributed by atoms with Gasteiger partial charge in [0.2, 0.25) is 0 Å². The summed E-state index contributed by atoms with van der Waals surface area (Å²) in [7, 11) is 0. The lowest BCUT2D eigenvalue weighted by atomic mass is 10.0. The zero-order chi connectivity index (χ0) is 33.7. The molecule has 16 nitrogen and oxygen atoms in total. The van der Waals surface area contributed by atoms with Crippen LogP contribution in [0.1, 0.15) is 72.7 Å². The summed E-state index contributed by atoms with van der Waals surface area (Å²) in [5.74, 6) is -9.05. The van der Waals surface area contributed by atoms with E-state index in [2.05, 4.69) is 21.3 Å². The molecule has 0 heterocycles. The van der Waals surface area contributed by atoms with Crippen LogP contribution in [0.4, 0.5) is 0 Å². The third-order valence-corrected chi connectivity index (χ3v) is 6.20. The number of hydrogen-bond donors (Lipinski definition) is 8. The van der Waals surface area contributed by atoms with Gasteiger partial charge in [0, 0.05) is 48.2 Å². The highest BCUT2D eigenvalue weighted by molar-refractivity contribution is 6.05. The van der Waals surface area contributed by atoms with E-state index in [-0.39, 0.29) is 29.8 Å². The molecular formula is C29H32N4O12. The molecule has 0 unspecified atom stereocenters. The standard InChI is InChI=1S/C29H32N4O12/c1-15-3-2-4-16(11-15)24(38)30-9-10-31-25(39)17-12-18(26(40)32-20(28(42)43)5-7-22(34)35)14-19(13-17)27(41)33-21(29(44)45)6-8-23(36)37/h2-4,11-14,20-21H,5-10H2,1H3,(H,30,38)(H,31,39)(H,32,40)(H,33,41)(H,34,35)(H,36,37)(H,42,43)(H,44,45)/t20-,21-/m0/s1. The van der Waals surface area contributed by atoms with Gasteiger partial charge >= 0.3 is 23.9 Å². The van der Waals surface area contributed by atoms with E-state index in [1.54, 1.807) is 18.2 Å². The maximum atomic E-state index is 13.0. The van der Waals surface area contributed by atoms with Crippen molar-refractivity contribution >= 4 is 47.5 Å². The quantitative estimate of drug-likeness (QED) is 0.110. The minimum absolute atomic E-state index is 0.000225. The first-order valence-electron chi connectivity index (χ1n) is 13.5. The number of benzene rings is 2. The lowest BCUT2D eigenvalue weighted by molar-refractivity contribution is -0.142. The molecule has 0 bridgehead atoms. The summed E-state index contributed by atoms with van der Waals surface area (Å²) < 4.78 is 0. The fourth-order valence-corrected chi connectivity index (χ4v) is 3.90. The van der Waals surface area contributed by atoms with Gasteiger partial charge in [0.05, 0.1) is 0 Å². The molecule has 8 N–H and O–H groups in total. The Morgan fingerprint density at radius 3 is 1.36 bits per heavy atom. The number of carbonyl (C=O) groups excluding carboxylic acids is 4. The summed E-state index contributed by atoms with van der Waals surface area (Å²) in [5.41, 5.74) is 0.223. The third-order valence-electron chi connectivity index (χ3n) is 6.20. The Labute approximate surface area is 255 Å². The SMILES string of the molecule is Cc1cccc(C(=O)NCCNC(=O)c2cc(C(=O)N[C@@H](CCC(=O)O)C(=O)O)cc(C(=O)N[C@@H](CCC(=O)O)C(=O)O)c2)c1. The highest BCUT2D eigenvalue weighted by Crippen LogP contribution is 2.14. The topological polar surface area (TPSA) is 266 Å². The number of hydrogen-bond acceptors (Lipinski definition) is 8. The van der Waals surface area contributed by atoms with Crippen molar-refractivity contribution in [3.63, 3.8) is 0 Å². The van der Waals surface area contributed by atoms with Crippen molar-refractivity contribution in [2.45, 2.75) is 44.7 Å². The van der Waals surface area contributed by atoms with Gasteiger partial charge in [0.1, 0.15) is 12.1 Å². The average molecular weight is 629 g/mol. The molecule has 2 aromatic carbocycles. The van der Waals surface area contributed by atoms with Crippen molar-refractivity contribution in [3.8, 4) is 0 Å². The second-order valence-electron chi connectivity index (χ2n) is 9.77. The molecule has 16 heteroatoms. The Bertz CT molecular complexity index is 1420. The molecule has 0 radical (unpaired) electrons. The van der Waals surface area contributed by atoms with Crippen molar-refractivity contribution in [2.24, 2.45) is 0 Å². The van der Waals surface area contributed by atoms with E-state index < -0.39 is 85.3 Å². The van der Waals surface area contributed by atoms with Gasteiger partial charge in [0.25, 0.3) is 23.6 Å². The van der Waals surface area contributed by atoms with Crippen LogP contribution in [0.25, 0.3) is 0 Å². The number of aliphatic carboxylic acids is 4. The van der Waals surface area contributed by atoms with Gasteiger partial charge < -0.3 is 41.7 Å². The van der Waals surface area contributed by atoms with E-state index in [0.717, 1.165) is 23.8 Å². The second kappa shape index (κ2) is 16.7. The van der Waals surface area contributed by atoms with E-state index in [9.17, 15) is 48.6 Å². The number of rotatable bonds is 17. The summed E-state index contributed by atoms with van der Waals surface area (Å²) in [5, 5.41) is 45.9. The molecule has 2 rings (SSSR count). The van der Waals surface area contributed by atoms with Crippen molar-refractivity contribution < 1.29 is 58.8 Å². The summed E-state index contributed by atoms with van der Waals surface area (Å²) in [6.45, 7) is 1.73. The second-order valence-corrected chi connectivity index (χ2v) is 9.77. The summed E-state index contributed by atoms with van der Waals surface area (Å²) in [4.78, 5) is 96.1. The molecule has 0 aliphatic rings. The van der Waals surface area contributed by atoms with Gasteiger partial charge in [-0.25, -0.2) is 9.59 Å². The lowest BCUT2D eigenvalue weighted by Gasteiger charge is -2.16. The molecule has 45 heavy (non-hydrogen) atoms. The van der Waals surface area contributed by atoms with Crippen molar-refractivity contribution in [3.05, 3.63) is 70.3 Å². The van der Waals surface area contributed by atoms with Crippen LogP contribution in [0.15, 0.2) is 42.5 Å². The van der Waals surface area contributed by atoms with Gasteiger partial charge in [0.15, 0.2) is 0 Å². The molecular weight excluding hydrogens is 596 g/mol. The highest BCUT2D eigenvalue weighted by Gasteiger charge is 2.25. The van der Waals surface area contributed by atoms with Crippen LogP contribution in [-0.4, -0.2) is 93.1 Å². The first kappa shape index (κ1) is 35.4. The zero-order valence-corrected chi connectivity index (χ0v) is 24.0.